The highest BCUT2D eigenvalue weighted by molar-refractivity contribution is 5.45. The van der Waals surface area contributed by atoms with E-state index in [9.17, 15) is 8.78 Å². The van der Waals surface area contributed by atoms with Gasteiger partial charge in [0.15, 0.2) is 23.1 Å². The Labute approximate surface area is 152 Å². The average molecular weight is 362 g/mol. The van der Waals surface area contributed by atoms with Crippen molar-refractivity contribution in [3.63, 3.8) is 0 Å². The maximum Gasteiger partial charge on any atom is 0.161 e. The van der Waals surface area contributed by atoms with Gasteiger partial charge in [-0.15, -0.1) is 0 Å². The van der Waals surface area contributed by atoms with Crippen LogP contribution in [-0.4, -0.2) is 38.3 Å². The smallest absolute Gasteiger partial charge is 0.161 e. The van der Waals surface area contributed by atoms with Crippen LogP contribution in [0.1, 0.15) is 18.4 Å². The lowest BCUT2D eigenvalue weighted by atomic mass is 10.0. The first-order valence-electron chi connectivity index (χ1n) is 8.74. The van der Waals surface area contributed by atoms with Crippen LogP contribution in [0.3, 0.4) is 0 Å². The molecule has 140 valence electrons. The van der Waals surface area contributed by atoms with Crippen molar-refractivity contribution in [3.8, 4) is 11.5 Å². The summed E-state index contributed by atoms with van der Waals surface area (Å²) in [6, 6.07) is 10.1. The number of piperidine rings is 1. The number of hydrogen-bond acceptors (Lipinski definition) is 4. The van der Waals surface area contributed by atoms with Gasteiger partial charge in [0.1, 0.15) is 0 Å². The van der Waals surface area contributed by atoms with Crippen molar-refractivity contribution in [3.05, 3.63) is 53.6 Å². The Bertz CT molecular complexity index is 755. The fraction of sp³-hybridized carbons (Fsp3) is 0.400. The number of hydrogen-bond donors (Lipinski definition) is 1. The molecule has 1 atom stereocenters. The lowest BCUT2D eigenvalue weighted by molar-refractivity contribution is 0.208. The van der Waals surface area contributed by atoms with E-state index in [0.717, 1.165) is 49.9 Å². The van der Waals surface area contributed by atoms with Crippen LogP contribution in [0, 0.1) is 11.6 Å². The molecule has 2 aromatic rings. The van der Waals surface area contributed by atoms with Crippen LogP contribution in [-0.2, 0) is 6.54 Å². The van der Waals surface area contributed by atoms with Crippen LogP contribution in [0.4, 0.5) is 14.5 Å². The largest absolute Gasteiger partial charge is 0.493 e. The molecule has 0 bridgehead atoms. The van der Waals surface area contributed by atoms with E-state index in [0.29, 0.717) is 11.4 Å². The number of nitrogens with one attached hydrogen (secondary N) is 1. The Morgan fingerprint density at radius 1 is 1.04 bits per heavy atom. The quantitative estimate of drug-likeness (QED) is 0.840. The Morgan fingerprint density at radius 2 is 1.85 bits per heavy atom. The summed E-state index contributed by atoms with van der Waals surface area (Å²) in [6.45, 7) is 2.65. The first-order chi connectivity index (χ1) is 12.6. The standard InChI is InChI=1S/C20H24F2N2O2/c1-25-19-8-5-14(10-20(19)26-2)12-24-9-3-4-16(13-24)23-15-6-7-17(21)18(22)11-15/h5-8,10-11,16,23H,3-4,9,12-13H2,1-2H3/t16-/m0/s1. The molecule has 0 saturated carbocycles. The lowest BCUT2D eigenvalue weighted by Gasteiger charge is -2.33. The topological polar surface area (TPSA) is 33.7 Å². The fourth-order valence-corrected chi connectivity index (χ4v) is 3.38. The first kappa shape index (κ1) is 18.5. The van der Waals surface area contributed by atoms with Crippen molar-refractivity contribution < 1.29 is 18.3 Å². The minimum Gasteiger partial charge on any atom is -0.493 e. The summed E-state index contributed by atoms with van der Waals surface area (Å²) in [5.74, 6) is -0.214. The normalized spacial score (nSPS) is 17.8. The molecule has 1 fully saturated rings. The number of methoxy groups -OCH3 is 2. The highest BCUT2D eigenvalue weighted by Gasteiger charge is 2.20. The average Bonchev–Trinajstić information content (AvgIpc) is 2.65. The highest BCUT2D eigenvalue weighted by atomic mass is 19.2. The second kappa shape index (κ2) is 8.36. The van der Waals surface area contributed by atoms with E-state index < -0.39 is 11.6 Å². The van der Waals surface area contributed by atoms with Gasteiger partial charge in [-0.25, -0.2) is 8.78 Å². The summed E-state index contributed by atoms with van der Waals surface area (Å²) < 4.78 is 37.1. The third-order valence-electron chi connectivity index (χ3n) is 4.65. The van der Waals surface area contributed by atoms with E-state index in [1.165, 1.54) is 6.07 Å². The van der Waals surface area contributed by atoms with Crippen molar-refractivity contribution in [1.82, 2.24) is 4.90 Å². The molecule has 26 heavy (non-hydrogen) atoms. The van der Waals surface area contributed by atoms with Crippen LogP contribution in [0.5, 0.6) is 11.5 Å². The summed E-state index contributed by atoms with van der Waals surface area (Å²) in [5.41, 5.74) is 1.76. The predicted molar refractivity (Wildman–Crippen MR) is 97.8 cm³/mol. The highest BCUT2D eigenvalue weighted by Crippen LogP contribution is 2.28. The van der Waals surface area contributed by atoms with Crippen LogP contribution < -0.4 is 14.8 Å². The Morgan fingerprint density at radius 3 is 2.58 bits per heavy atom. The van der Waals surface area contributed by atoms with Gasteiger partial charge in [-0.2, -0.15) is 0 Å². The predicted octanol–water partition coefficient (Wildman–Crippen LogP) is 4.06. The number of likely N-dealkylation sites (tertiary alicyclic amines) is 1. The Kier molecular flexibility index (Phi) is 5.93. The maximum atomic E-state index is 13.4. The number of rotatable bonds is 6. The van der Waals surface area contributed by atoms with Crippen LogP contribution >= 0.6 is 0 Å². The molecule has 1 aliphatic rings. The van der Waals surface area contributed by atoms with Crippen molar-refractivity contribution in [2.24, 2.45) is 0 Å². The SMILES string of the molecule is COc1ccc(CN2CCC[C@H](Nc3ccc(F)c(F)c3)C2)cc1OC. The number of ether oxygens (including phenoxy) is 2. The van der Waals surface area contributed by atoms with Gasteiger partial charge in [0, 0.05) is 30.9 Å². The van der Waals surface area contributed by atoms with Gasteiger partial charge in [0.05, 0.1) is 14.2 Å². The van der Waals surface area contributed by atoms with Gasteiger partial charge in [-0.1, -0.05) is 6.07 Å². The van der Waals surface area contributed by atoms with Gasteiger partial charge in [0.2, 0.25) is 0 Å². The summed E-state index contributed by atoms with van der Waals surface area (Å²) >= 11 is 0. The van der Waals surface area contributed by atoms with Crippen molar-refractivity contribution >= 4 is 5.69 Å². The van der Waals surface area contributed by atoms with E-state index in [1.54, 1.807) is 20.3 Å². The zero-order valence-corrected chi connectivity index (χ0v) is 15.1. The Balaban J connectivity index is 1.62. The molecule has 0 aliphatic carbocycles. The van der Waals surface area contributed by atoms with E-state index >= 15 is 0 Å². The lowest BCUT2D eigenvalue weighted by Crippen LogP contribution is -2.41. The summed E-state index contributed by atoms with van der Waals surface area (Å²) in [4.78, 5) is 2.35. The van der Waals surface area contributed by atoms with Gasteiger partial charge in [-0.05, 0) is 49.2 Å². The third kappa shape index (κ3) is 4.43. The molecule has 2 aromatic carbocycles. The molecule has 3 rings (SSSR count). The van der Waals surface area contributed by atoms with Gasteiger partial charge < -0.3 is 14.8 Å². The molecule has 6 heteroatoms. The number of nitrogens with zero attached hydrogens (tertiary/aromatic N) is 1. The van der Waals surface area contributed by atoms with E-state index in [2.05, 4.69) is 10.2 Å². The third-order valence-corrected chi connectivity index (χ3v) is 4.65. The van der Waals surface area contributed by atoms with Crippen molar-refractivity contribution in [2.45, 2.75) is 25.4 Å². The fourth-order valence-electron chi connectivity index (χ4n) is 3.38. The summed E-state index contributed by atoms with van der Waals surface area (Å²) in [5, 5.41) is 3.31. The second-order valence-electron chi connectivity index (χ2n) is 6.54. The minimum atomic E-state index is -0.826. The molecule has 1 N–H and O–H groups in total. The molecule has 1 aliphatic heterocycles. The second-order valence-corrected chi connectivity index (χ2v) is 6.54. The Hall–Kier alpha value is -2.34. The number of halogens is 2. The first-order valence-corrected chi connectivity index (χ1v) is 8.74. The van der Waals surface area contributed by atoms with E-state index in [-0.39, 0.29) is 6.04 Å². The molecule has 0 spiro atoms. The summed E-state index contributed by atoms with van der Waals surface area (Å²) in [6.07, 6.45) is 2.05. The molecule has 0 radical (unpaired) electrons. The molecular weight excluding hydrogens is 338 g/mol. The van der Waals surface area contributed by atoms with Crippen molar-refractivity contribution in [1.29, 1.82) is 0 Å². The molecule has 4 nitrogen and oxygen atoms in total. The van der Waals surface area contributed by atoms with E-state index in [4.69, 9.17) is 9.47 Å². The van der Waals surface area contributed by atoms with Crippen molar-refractivity contribution in [2.75, 3.05) is 32.6 Å². The summed E-state index contributed by atoms with van der Waals surface area (Å²) in [7, 11) is 3.25. The molecular formula is C20H24F2N2O2. The molecule has 1 saturated heterocycles. The maximum absolute atomic E-state index is 13.4. The van der Waals surface area contributed by atoms with Gasteiger partial charge >= 0.3 is 0 Å². The van der Waals surface area contributed by atoms with E-state index in [1.807, 2.05) is 18.2 Å². The zero-order valence-electron chi connectivity index (χ0n) is 15.1. The number of benzene rings is 2. The van der Waals surface area contributed by atoms with Gasteiger partial charge in [0.25, 0.3) is 0 Å². The van der Waals surface area contributed by atoms with Crippen LogP contribution in [0.2, 0.25) is 0 Å². The van der Waals surface area contributed by atoms with Gasteiger partial charge in [-0.3, -0.25) is 4.90 Å². The molecule has 0 aromatic heterocycles. The monoisotopic (exact) mass is 362 g/mol. The molecule has 0 amide bonds. The van der Waals surface area contributed by atoms with Crippen LogP contribution in [0.15, 0.2) is 36.4 Å². The number of anilines is 1. The van der Waals surface area contributed by atoms with Crippen LogP contribution in [0.25, 0.3) is 0 Å². The molecule has 1 heterocycles. The minimum absolute atomic E-state index is 0.203. The zero-order chi connectivity index (χ0) is 18.5. The molecule has 0 unspecified atom stereocenters.